The van der Waals surface area contributed by atoms with E-state index in [2.05, 4.69) is 11.1 Å². The molecule has 1 aromatic carbocycles. The molecule has 0 bridgehead atoms. The predicted molar refractivity (Wildman–Crippen MR) is 69.3 cm³/mol. The fourth-order valence-corrected chi connectivity index (χ4v) is 2.02. The zero-order valence-electron chi connectivity index (χ0n) is 10.6. The smallest absolute Gasteiger partial charge is 0.317 e. The predicted octanol–water partition coefficient (Wildman–Crippen LogP) is 1.08. The lowest BCUT2D eigenvalue weighted by atomic mass is 10.3. The monoisotopic (exact) mass is 258 g/mol. The highest BCUT2D eigenvalue weighted by Gasteiger charge is 2.13. The Hall–Kier alpha value is -2.39. The number of hydrogen-bond acceptors (Lipinski definition) is 4. The van der Waals surface area contributed by atoms with Gasteiger partial charge in [0.2, 0.25) is 0 Å². The van der Waals surface area contributed by atoms with E-state index >= 15 is 0 Å². The van der Waals surface area contributed by atoms with Crippen LogP contribution < -0.4 is 0 Å². The van der Waals surface area contributed by atoms with E-state index in [0.29, 0.717) is 12.4 Å². The first kappa shape index (κ1) is 13.1. The largest absolute Gasteiger partial charge is 0.480 e. The molecule has 0 saturated carbocycles. The van der Waals surface area contributed by atoms with Crippen molar-refractivity contribution in [2.45, 2.75) is 13.1 Å². The number of hydrogen-bond donors (Lipinski definition) is 1. The van der Waals surface area contributed by atoms with Crippen LogP contribution in [-0.2, 0) is 17.9 Å². The molecule has 6 heteroatoms. The molecule has 0 fully saturated rings. The highest BCUT2D eigenvalue weighted by atomic mass is 16.4. The summed E-state index contributed by atoms with van der Waals surface area (Å²) in [7, 11) is 1.71. The van der Waals surface area contributed by atoms with Gasteiger partial charge < -0.3 is 9.67 Å². The van der Waals surface area contributed by atoms with Crippen LogP contribution in [0.5, 0.6) is 0 Å². The Kier molecular flexibility index (Phi) is 3.78. The Labute approximate surface area is 110 Å². The number of aromatic nitrogens is 2. The molecule has 0 spiro atoms. The van der Waals surface area contributed by atoms with Crippen LogP contribution in [0.3, 0.4) is 0 Å². The number of benzene rings is 1. The van der Waals surface area contributed by atoms with Gasteiger partial charge in [0.05, 0.1) is 30.2 Å². The molecule has 2 rings (SSSR count). The number of aliphatic carboxylic acids is 1. The summed E-state index contributed by atoms with van der Waals surface area (Å²) in [5.41, 5.74) is 1.71. The number of nitrogens with zero attached hydrogens (tertiary/aromatic N) is 4. The van der Waals surface area contributed by atoms with Crippen LogP contribution in [0.1, 0.15) is 5.82 Å². The van der Waals surface area contributed by atoms with Crippen LogP contribution >= 0.6 is 0 Å². The lowest BCUT2D eigenvalue weighted by molar-refractivity contribution is -0.138. The SMILES string of the molecule is CN(CC(=O)O)Cc1nc2ccccc2n1CC#N. The quantitative estimate of drug-likeness (QED) is 0.867. The molecule has 1 aromatic heterocycles. The number of carboxylic acid groups (broad SMARTS) is 1. The van der Waals surface area contributed by atoms with E-state index in [1.165, 1.54) is 0 Å². The van der Waals surface area contributed by atoms with E-state index in [4.69, 9.17) is 10.4 Å². The van der Waals surface area contributed by atoms with Crippen molar-refractivity contribution in [3.63, 3.8) is 0 Å². The van der Waals surface area contributed by atoms with Gasteiger partial charge >= 0.3 is 5.97 Å². The lowest BCUT2D eigenvalue weighted by Crippen LogP contribution is -2.26. The minimum Gasteiger partial charge on any atom is -0.480 e. The molecule has 19 heavy (non-hydrogen) atoms. The summed E-state index contributed by atoms with van der Waals surface area (Å²) in [4.78, 5) is 16.8. The standard InChI is InChI=1S/C13H14N4O2/c1-16(9-13(18)19)8-12-15-10-4-2-3-5-11(10)17(12)7-6-14/h2-5H,7-9H2,1H3,(H,18,19). The van der Waals surface area contributed by atoms with E-state index in [1.807, 2.05) is 28.8 Å². The Morgan fingerprint density at radius 2 is 2.26 bits per heavy atom. The second-order valence-electron chi connectivity index (χ2n) is 4.33. The molecule has 2 aromatic rings. The Balaban J connectivity index is 2.34. The van der Waals surface area contributed by atoms with Crippen LogP contribution in [0.15, 0.2) is 24.3 Å². The number of imidazole rings is 1. The zero-order valence-corrected chi connectivity index (χ0v) is 10.6. The number of carboxylic acids is 1. The molecule has 1 heterocycles. The van der Waals surface area contributed by atoms with E-state index in [9.17, 15) is 4.79 Å². The summed E-state index contributed by atoms with van der Waals surface area (Å²) in [6.07, 6.45) is 0. The number of rotatable bonds is 5. The molecule has 1 N–H and O–H groups in total. The van der Waals surface area contributed by atoms with Crippen molar-refractivity contribution in [2.75, 3.05) is 13.6 Å². The summed E-state index contributed by atoms with van der Waals surface area (Å²) < 4.78 is 1.81. The first-order valence-corrected chi connectivity index (χ1v) is 5.83. The van der Waals surface area contributed by atoms with Crippen molar-refractivity contribution in [2.24, 2.45) is 0 Å². The number of nitriles is 1. The van der Waals surface area contributed by atoms with Gasteiger partial charge in [-0.1, -0.05) is 12.1 Å². The molecule has 0 unspecified atom stereocenters. The zero-order chi connectivity index (χ0) is 13.8. The van der Waals surface area contributed by atoms with Crippen molar-refractivity contribution >= 4 is 17.0 Å². The maximum atomic E-state index is 10.7. The van der Waals surface area contributed by atoms with E-state index < -0.39 is 5.97 Å². The van der Waals surface area contributed by atoms with Gasteiger partial charge in [-0.3, -0.25) is 9.69 Å². The Morgan fingerprint density at radius 1 is 1.53 bits per heavy atom. The minimum atomic E-state index is -0.884. The third kappa shape index (κ3) is 2.89. The highest BCUT2D eigenvalue weighted by molar-refractivity contribution is 5.76. The molecule has 0 aliphatic rings. The minimum absolute atomic E-state index is 0.0598. The Morgan fingerprint density at radius 3 is 2.95 bits per heavy atom. The molecule has 0 atom stereocenters. The Bertz CT molecular complexity index is 642. The summed E-state index contributed by atoms with van der Waals surface area (Å²) >= 11 is 0. The van der Waals surface area contributed by atoms with Gasteiger partial charge in [-0.25, -0.2) is 4.98 Å². The molecule has 98 valence electrons. The molecule has 0 aliphatic heterocycles. The number of carbonyl (C=O) groups is 1. The molecule has 6 nitrogen and oxygen atoms in total. The molecule has 0 amide bonds. The fraction of sp³-hybridized carbons (Fsp3) is 0.308. The van der Waals surface area contributed by atoms with Crippen molar-refractivity contribution in [3.8, 4) is 6.07 Å². The van der Waals surface area contributed by atoms with Gasteiger partial charge in [0.15, 0.2) is 0 Å². The first-order valence-electron chi connectivity index (χ1n) is 5.83. The van der Waals surface area contributed by atoms with Crippen LogP contribution in [0.2, 0.25) is 0 Å². The van der Waals surface area contributed by atoms with Gasteiger partial charge in [0.25, 0.3) is 0 Å². The van der Waals surface area contributed by atoms with Gasteiger partial charge in [0.1, 0.15) is 12.4 Å². The van der Waals surface area contributed by atoms with Crippen LogP contribution in [0.4, 0.5) is 0 Å². The van der Waals surface area contributed by atoms with Crippen molar-refractivity contribution in [3.05, 3.63) is 30.1 Å². The first-order chi connectivity index (χ1) is 9.11. The summed E-state index contributed by atoms with van der Waals surface area (Å²) in [5.74, 6) is -0.183. The third-order valence-corrected chi connectivity index (χ3v) is 2.78. The fourth-order valence-electron chi connectivity index (χ4n) is 2.02. The van der Waals surface area contributed by atoms with Gasteiger partial charge in [-0.05, 0) is 19.2 Å². The van der Waals surface area contributed by atoms with E-state index in [-0.39, 0.29) is 13.1 Å². The van der Waals surface area contributed by atoms with Gasteiger partial charge in [0, 0.05) is 0 Å². The number of likely N-dealkylation sites (N-methyl/N-ethyl adjacent to an activating group) is 1. The van der Waals surface area contributed by atoms with Gasteiger partial charge in [-0.2, -0.15) is 5.26 Å². The van der Waals surface area contributed by atoms with E-state index in [0.717, 1.165) is 11.0 Å². The molecule has 0 radical (unpaired) electrons. The van der Waals surface area contributed by atoms with Crippen LogP contribution in [-0.4, -0.2) is 39.1 Å². The second kappa shape index (κ2) is 5.50. The van der Waals surface area contributed by atoms with Crippen molar-refractivity contribution < 1.29 is 9.90 Å². The van der Waals surface area contributed by atoms with Crippen molar-refractivity contribution in [1.82, 2.24) is 14.5 Å². The average Bonchev–Trinajstić information content (AvgIpc) is 2.67. The number of para-hydroxylation sites is 2. The number of fused-ring (bicyclic) bond motifs is 1. The lowest BCUT2D eigenvalue weighted by Gasteiger charge is -2.13. The second-order valence-corrected chi connectivity index (χ2v) is 4.33. The molecule has 0 aliphatic carbocycles. The maximum Gasteiger partial charge on any atom is 0.317 e. The van der Waals surface area contributed by atoms with Crippen molar-refractivity contribution in [1.29, 1.82) is 5.26 Å². The molecule has 0 saturated heterocycles. The van der Waals surface area contributed by atoms with E-state index in [1.54, 1.807) is 11.9 Å². The van der Waals surface area contributed by atoms with Crippen LogP contribution in [0, 0.1) is 11.3 Å². The highest BCUT2D eigenvalue weighted by Crippen LogP contribution is 2.16. The summed E-state index contributed by atoms with van der Waals surface area (Å²) in [5, 5.41) is 17.6. The van der Waals surface area contributed by atoms with Crippen LogP contribution in [0.25, 0.3) is 11.0 Å². The van der Waals surface area contributed by atoms with Gasteiger partial charge in [-0.15, -0.1) is 0 Å². The summed E-state index contributed by atoms with van der Waals surface area (Å²) in [6, 6.07) is 9.66. The maximum absolute atomic E-state index is 10.7. The third-order valence-electron chi connectivity index (χ3n) is 2.78. The normalized spacial score (nSPS) is 10.8. The molecular formula is C13H14N4O2. The topological polar surface area (TPSA) is 82.2 Å². The average molecular weight is 258 g/mol. The molecular weight excluding hydrogens is 244 g/mol. The summed E-state index contributed by atoms with van der Waals surface area (Å²) in [6.45, 7) is 0.537.